The third-order valence-corrected chi connectivity index (χ3v) is 6.62. The van der Waals surface area contributed by atoms with E-state index in [0.29, 0.717) is 28.4 Å². The second-order valence-corrected chi connectivity index (χ2v) is 8.42. The maximum absolute atomic E-state index is 12.6. The quantitative estimate of drug-likeness (QED) is 0.843. The monoisotopic (exact) mass is 346 g/mol. The molecule has 0 aromatic carbocycles. The molecule has 1 amide bonds. The summed E-state index contributed by atoms with van der Waals surface area (Å²) in [6.07, 6.45) is 5.89. The molecular weight excluding hydrogens is 320 g/mol. The summed E-state index contributed by atoms with van der Waals surface area (Å²) in [6.45, 7) is 7.33. The lowest BCUT2D eigenvalue weighted by Crippen LogP contribution is -2.29. The van der Waals surface area contributed by atoms with Crippen LogP contribution in [0.2, 0.25) is 0 Å². The molecule has 0 fully saturated rings. The lowest BCUT2D eigenvalue weighted by molar-refractivity contribution is 0.0947. The van der Waals surface area contributed by atoms with Gasteiger partial charge >= 0.3 is 0 Å². The molecule has 2 aromatic heterocycles. The standard InChI is InChI=1S/C19H26N2O2S/c1-4-19(2,3)12-7-8-14-15(10-12)24-17(20)16(14)18(22)21-11-13-6-5-9-23-13/h5-6,9,12H,4,7-8,10-11,20H2,1-3H3,(H,21,22)/t12-/m0/s1. The molecule has 0 aliphatic heterocycles. The molecular formula is C19H26N2O2S. The van der Waals surface area contributed by atoms with Crippen LogP contribution < -0.4 is 11.1 Å². The SMILES string of the molecule is CCC(C)(C)[C@H]1CCc2c(sc(N)c2C(=O)NCc2ccco2)C1. The molecule has 3 rings (SSSR count). The summed E-state index contributed by atoms with van der Waals surface area (Å²) in [7, 11) is 0. The van der Waals surface area contributed by atoms with Gasteiger partial charge in [-0.25, -0.2) is 0 Å². The van der Waals surface area contributed by atoms with Gasteiger partial charge in [-0.3, -0.25) is 4.79 Å². The minimum atomic E-state index is -0.0883. The lowest BCUT2D eigenvalue weighted by Gasteiger charge is -2.36. The van der Waals surface area contributed by atoms with Crippen LogP contribution in [0.15, 0.2) is 22.8 Å². The Hall–Kier alpha value is -1.75. The fourth-order valence-corrected chi connectivity index (χ4v) is 4.68. The molecule has 1 aliphatic rings. The molecule has 24 heavy (non-hydrogen) atoms. The first kappa shape index (κ1) is 17.1. The molecule has 0 spiro atoms. The van der Waals surface area contributed by atoms with Crippen molar-refractivity contribution >= 4 is 22.2 Å². The van der Waals surface area contributed by atoms with Gasteiger partial charge in [0.25, 0.3) is 5.91 Å². The summed E-state index contributed by atoms with van der Waals surface area (Å²) in [5.74, 6) is 1.32. The maximum atomic E-state index is 12.6. The van der Waals surface area contributed by atoms with Gasteiger partial charge in [0.2, 0.25) is 0 Å². The van der Waals surface area contributed by atoms with Crippen LogP contribution in [-0.2, 0) is 19.4 Å². The van der Waals surface area contributed by atoms with E-state index in [1.807, 2.05) is 12.1 Å². The van der Waals surface area contributed by atoms with Crippen molar-refractivity contribution in [2.75, 3.05) is 5.73 Å². The molecule has 2 aromatic rings. The van der Waals surface area contributed by atoms with Crippen molar-refractivity contribution in [1.29, 1.82) is 0 Å². The van der Waals surface area contributed by atoms with Crippen LogP contribution in [0.25, 0.3) is 0 Å². The summed E-state index contributed by atoms with van der Waals surface area (Å²) in [5, 5.41) is 3.57. The van der Waals surface area contributed by atoms with E-state index in [9.17, 15) is 4.79 Å². The summed E-state index contributed by atoms with van der Waals surface area (Å²) < 4.78 is 5.26. The zero-order valence-electron chi connectivity index (χ0n) is 14.6. The molecule has 0 bridgehead atoms. The first-order valence-corrected chi connectivity index (χ1v) is 9.44. The largest absolute Gasteiger partial charge is 0.467 e. The number of amides is 1. The Labute approximate surface area is 147 Å². The number of hydrogen-bond donors (Lipinski definition) is 2. The maximum Gasteiger partial charge on any atom is 0.254 e. The smallest absolute Gasteiger partial charge is 0.254 e. The van der Waals surface area contributed by atoms with Crippen molar-refractivity contribution in [2.24, 2.45) is 11.3 Å². The van der Waals surface area contributed by atoms with Gasteiger partial charge in [0.15, 0.2) is 0 Å². The Morgan fingerprint density at radius 2 is 2.29 bits per heavy atom. The first-order chi connectivity index (χ1) is 11.4. The molecule has 2 heterocycles. The van der Waals surface area contributed by atoms with Gasteiger partial charge in [-0.15, -0.1) is 11.3 Å². The number of thiophene rings is 1. The number of fused-ring (bicyclic) bond motifs is 1. The Kier molecular flexibility index (Phi) is 4.72. The van der Waals surface area contributed by atoms with Crippen molar-refractivity contribution in [3.63, 3.8) is 0 Å². The molecule has 4 nitrogen and oxygen atoms in total. The van der Waals surface area contributed by atoms with E-state index in [1.54, 1.807) is 17.6 Å². The Morgan fingerprint density at radius 1 is 1.50 bits per heavy atom. The van der Waals surface area contributed by atoms with Crippen molar-refractivity contribution < 1.29 is 9.21 Å². The normalized spacial score (nSPS) is 17.5. The average Bonchev–Trinajstić information content (AvgIpc) is 3.18. The van der Waals surface area contributed by atoms with E-state index in [2.05, 4.69) is 26.1 Å². The first-order valence-electron chi connectivity index (χ1n) is 8.63. The third-order valence-electron chi connectivity index (χ3n) is 5.54. The highest BCUT2D eigenvalue weighted by Crippen LogP contribution is 2.44. The number of nitrogens with two attached hydrogens (primary N) is 1. The molecule has 0 unspecified atom stereocenters. The predicted molar refractivity (Wildman–Crippen MR) is 98.2 cm³/mol. The van der Waals surface area contributed by atoms with Crippen LogP contribution in [-0.4, -0.2) is 5.91 Å². The number of rotatable bonds is 5. The van der Waals surface area contributed by atoms with E-state index in [-0.39, 0.29) is 5.91 Å². The second kappa shape index (κ2) is 6.63. The van der Waals surface area contributed by atoms with Crippen molar-refractivity contribution in [1.82, 2.24) is 5.32 Å². The number of carbonyl (C=O) groups excluding carboxylic acids is 1. The Morgan fingerprint density at radius 3 is 2.96 bits per heavy atom. The van der Waals surface area contributed by atoms with Crippen LogP contribution in [0.4, 0.5) is 5.00 Å². The number of furan rings is 1. The van der Waals surface area contributed by atoms with E-state index in [0.717, 1.165) is 30.6 Å². The van der Waals surface area contributed by atoms with Crippen LogP contribution in [0.1, 0.15) is 60.2 Å². The van der Waals surface area contributed by atoms with Gasteiger partial charge in [-0.05, 0) is 48.3 Å². The highest BCUT2D eigenvalue weighted by atomic mass is 32.1. The highest BCUT2D eigenvalue weighted by molar-refractivity contribution is 7.16. The highest BCUT2D eigenvalue weighted by Gasteiger charge is 2.34. The summed E-state index contributed by atoms with van der Waals surface area (Å²) in [4.78, 5) is 13.9. The van der Waals surface area contributed by atoms with Crippen LogP contribution >= 0.6 is 11.3 Å². The molecule has 0 saturated heterocycles. The summed E-state index contributed by atoms with van der Waals surface area (Å²) >= 11 is 1.59. The van der Waals surface area contributed by atoms with Gasteiger partial charge < -0.3 is 15.5 Å². The molecule has 1 aliphatic carbocycles. The molecule has 0 radical (unpaired) electrons. The van der Waals surface area contributed by atoms with Crippen LogP contribution in [0, 0.1) is 11.3 Å². The average molecular weight is 346 g/mol. The van der Waals surface area contributed by atoms with Crippen molar-refractivity contribution in [3.8, 4) is 0 Å². The molecule has 0 saturated carbocycles. The second-order valence-electron chi connectivity index (χ2n) is 7.29. The summed E-state index contributed by atoms with van der Waals surface area (Å²) in [5.41, 5.74) is 8.38. The van der Waals surface area contributed by atoms with E-state index in [1.165, 1.54) is 11.3 Å². The predicted octanol–water partition coefficient (Wildman–Crippen LogP) is 4.39. The Bertz CT molecular complexity index is 716. The number of nitrogen functional groups attached to an aromatic ring is 1. The zero-order valence-corrected chi connectivity index (χ0v) is 15.5. The molecule has 1 atom stereocenters. The van der Waals surface area contributed by atoms with Gasteiger partial charge in [0.1, 0.15) is 5.76 Å². The molecule has 3 N–H and O–H groups in total. The fourth-order valence-electron chi connectivity index (χ4n) is 3.48. The van der Waals surface area contributed by atoms with E-state index >= 15 is 0 Å². The van der Waals surface area contributed by atoms with Crippen LogP contribution in [0.5, 0.6) is 0 Å². The topological polar surface area (TPSA) is 68.3 Å². The number of carbonyl (C=O) groups is 1. The number of anilines is 1. The van der Waals surface area contributed by atoms with E-state index in [4.69, 9.17) is 10.2 Å². The number of nitrogens with one attached hydrogen (secondary N) is 1. The van der Waals surface area contributed by atoms with Gasteiger partial charge in [0.05, 0.1) is 23.4 Å². The Balaban J connectivity index is 1.76. The minimum absolute atomic E-state index is 0.0883. The van der Waals surface area contributed by atoms with Gasteiger partial charge in [-0.2, -0.15) is 0 Å². The van der Waals surface area contributed by atoms with Gasteiger partial charge in [-0.1, -0.05) is 27.2 Å². The molecule has 130 valence electrons. The van der Waals surface area contributed by atoms with Crippen molar-refractivity contribution in [3.05, 3.63) is 40.2 Å². The van der Waals surface area contributed by atoms with Gasteiger partial charge in [0, 0.05) is 4.88 Å². The third kappa shape index (κ3) is 3.22. The van der Waals surface area contributed by atoms with Crippen molar-refractivity contribution in [2.45, 2.75) is 53.0 Å². The lowest BCUT2D eigenvalue weighted by atomic mass is 9.69. The minimum Gasteiger partial charge on any atom is -0.467 e. The fraction of sp³-hybridized carbons (Fsp3) is 0.526. The zero-order chi connectivity index (χ0) is 17.3. The summed E-state index contributed by atoms with van der Waals surface area (Å²) in [6, 6.07) is 3.67. The van der Waals surface area contributed by atoms with Crippen LogP contribution in [0.3, 0.4) is 0 Å². The number of hydrogen-bond acceptors (Lipinski definition) is 4. The molecule has 5 heteroatoms. The van der Waals surface area contributed by atoms with E-state index < -0.39 is 0 Å².